The molecule has 3 nitrogen and oxygen atoms in total. The Balaban J connectivity index is 1.79. The van der Waals surface area contributed by atoms with E-state index in [0.29, 0.717) is 29.4 Å². The highest BCUT2D eigenvalue weighted by atomic mass is 35.5. The van der Waals surface area contributed by atoms with Gasteiger partial charge in [-0.25, -0.2) is 0 Å². The molecule has 1 heterocycles. The van der Waals surface area contributed by atoms with Crippen molar-refractivity contribution in [2.75, 3.05) is 6.54 Å². The van der Waals surface area contributed by atoms with Crippen LogP contribution in [0.15, 0.2) is 42.7 Å². The van der Waals surface area contributed by atoms with Crippen molar-refractivity contribution in [2.45, 2.75) is 12.8 Å². The molecule has 0 atom stereocenters. The number of rotatable bonds is 5. The molecule has 0 aliphatic carbocycles. The van der Waals surface area contributed by atoms with Crippen LogP contribution in [0.2, 0.25) is 10.0 Å². The quantitative estimate of drug-likeness (QED) is 0.921. The number of amides is 1. The molecule has 20 heavy (non-hydrogen) atoms. The number of nitrogens with one attached hydrogen (secondary N) is 1. The van der Waals surface area contributed by atoms with Gasteiger partial charge in [-0.1, -0.05) is 29.3 Å². The lowest BCUT2D eigenvalue weighted by Crippen LogP contribution is -2.27. The highest BCUT2D eigenvalue weighted by Crippen LogP contribution is 2.20. The normalized spacial score (nSPS) is 10.3. The Morgan fingerprint density at radius 3 is 2.60 bits per heavy atom. The van der Waals surface area contributed by atoms with E-state index >= 15 is 0 Å². The van der Waals surface area contributed by atoms with Crippen LogP contribution in [0.5, 0.6) is 0 Å². The molecule has 1 aromatic carbocycles. The summed E-state index contributed by atoms with van der Waals surface area (Å²) in [4.78, 5) is 15.7. The minimum atomic E-state index is -0.0127. The van der Waals surface area contributed by atoms with Gasteiger partial charge in [-0.05, 0) is 41.8 Å². The number of pyridine rings is 1. The Labute approximate surface area is 127 Å². The predicted molar refractivity (Wildman–Crippen MR) is 81.1 cm³/mol. The van der Waals surface area contributed by atoms with Gasteiger partial charge in [0.15, 0.2) is 0 Å². The van der Waals surface area contributed by atoms with Crippen LogP contribution in [0.4, 0.5) is 0 Å². The summed E-state index contributed by atoms with van der Waals surface area (Å²) in [5.41, 5.74) is 1.92. The molecule has 1 aromatic heterocycles. The molecule has 0 aliphatic heterocycles. The van der Waals surface area contributed by atoms with Crippen molar-refractivity contribution in [3.05, 3.63) is 63.9 Å². The number of carbonyl (C=O) groups excluding carboxylic acids is 1. The number of aromatic nitrogens is 1. The van der Waals surface area contributed by atoms with Crippen LogP contribution in [-0.4, -0.2) is 17.4 Å². The standard InChI is InChI=1S/C15H14Cl2N2O/c16-13-2-1-12(14(17)10-13)5-8-19-15(20)9-11-3-6-18-7-4-11/h1-4,6-7,10H,5,8-9H2,(H,19,20). The second-order valence-electron chi connectivity index (χ2n) is 4.37. The Bertz CT molecular complexity index is 588. The van der Waals surface area contributed by atoms with Crippen molar-refractivity contribution < 1.29 is 4.79 Å². The van der Waals surface area contributed by atoms with Crippen LogP contribution in [0.3, 0.4) is 0 Å². The maximum Gasteiger partial charge on any atom is 0.224 e. The number of hydrogen-bond acceptors (Lipinski definition) is 2. The topological polar surface area (TPSA) is 42.0 Å². The summed E-state index contributed by atoms with van der Waals surface area (Å²) in [7, 11) is 0. The minimum absolute atomic E-state index is 0.0127. The largest absolute Gasteiger partial charge is 0.355 e. The molecular formula is C15H14Cl2N2O. The first kappa shape index (κ1) is 14.8. The molecule has 104 valence electrons. The van der Waals surface area contributed by atoms with Crippen molar-refractivity contribution >= 4 is 29.1 Å². The summed E-state index contributed by atoms with van der Waals surface area (Å²) < 4.78 is 0. The van der Waals surface area contributed by atoms with Crippen LogP contribution in [0.25, 0.3) is 0 Å². The third-order valence-electron chi connectivity index (χ3n) is 2.85. The molecule has 5 heteroatoms. The Morgan fingerprint density at radius 2 is 1.90 bits per heavy atom. The third kappa shape index (κ3) is 4.51. The molecule has 0 saturated heterocycles. The fraction of sp³-hybridized carbons (Fsp3) is 0.200. The first-order chi connectivity index (χ1) is 9.65. The van der Waals surface area contributed by atoms with Gasteiger partial charge in [0.2, 0.25) is 5.91 Å². The average Bonchev–Trinajstić information content (AvgIpc) is 2.42. The molecule has 0 unspecified atom stereocenters. The van der Waals surface area contributed by atoms with Crippen molar-refractivity contribution in [2.24, 2.45) is 0 Å². The lowest BCUT2D eigenvalue weighted by Gasteiger charge is -2.07. The van der Waals surface area contributed by atoms with Crippen LogP contribution in [-0.2, 0) is 17.6 Å². The maximum absolute atomic E-state index is 11.8. The molecule has 0 saturated carbocycles. The van der Waals surface area contributed by atoms with Crippen molar-refractivity contribution in [1.29, 1.82) is 0 Å². The molecule has 0 bridgehead atoms. The Hall–Kier alpha value is -1.58. The van der Waals surface area contributed by atoms with Gasteiger partial charge in [0, 0.05) is 29.0 Å². The van der Waals surface area contributed by atoms with Gasteiger partial charge in [0.1, 0.15) is 0 Å². The summed E-state index contributed by atoms with van der Waals surface area (Å²) in [5.74, 6) is -0.0127. The summed E-state index contributed by atoms with van der Waals surface area (Å²) in [6, 6.07) is 9.03. The minimum Gasteiger partial charge on any atom is -0.355 e. The molecule has 1 amide bonds. The van der Waals surface area contributed by atoms with Gasteiger partial charge in [0.05, 0.1) is 6.42 Å². The Kier molecular flexibility index (Phi) is 5.39. The monoisotopic (exact) mass is 308 g/mol. The summed E-state index contributed by atoms with van der Waals surface area (Å²) in [6.45, 7) is 0.547. The number of carbonyl (C=O) groups is 1. The highest BCUT2D eigenvalue weighted by Gasteiger charge is 2.04. The lowest BCUT2D eigenvalue weighted by molar-refractivity contribution is -0.120. The van der Waals surface area contributed by atoms with Crippen molar-refractivity contribution in [3.8, 4) is 0 Å². The fourth-order valence-corrected chi connectivity index (χ4v) is 2.31. The molecule has 0 fully saturated rings. The number of benzene rings is 1. The van der Waals surface area contributed by atoms with Gasteiger partial charge in [0.25, 0.3) is 0 Å². The second-order valence-corrected chi connectivity index (χ2v) is 5.21. The van der Waals surface area contributed by atoms with E-state index < -0.39 is 0 Å². The van der Waals surface area contributed by atoms with Crippen molar-refractivity contribution in [1.82, 2.24) is 10.3 Å². The Morgan fingerprint density at radius 1 is 1.15 bits per heavy atom. The zero-order valence-electron chi connectivity index (χ0n) is 10.8. The highest BCUT2D eigenvalue weighted by molar-refractivity contribution is 6.35. The fourth-order valence-electron chi connectivity index (χ4n) is 1.81. The van der Waals surface area contributed by atoms with E-state index in [9.17, 15) is 4.79 Å². The van der Waals surface area contributed by atoms with Gasteiger partial charge in [-0.2, -0.15) is 0 Å². The first-order valence-corrected chi connectivity index (χ1v) is 7.00. The summed E-state index contributed by atoms with van der Waals surface area (Å²) in [6.07, 6.45) is 4.39. The van der Waals surface area contributed by atoms with Gasteiger partial charge in [-0.15, -0.1) is 0 Å². The van der Waals surface area contributed by atoms with Gasteiger partial charge < -0.3 is 5.32 Å². The van der Waals surface area contributed by atoms with Crippen LogP contribution < -0.4 is 5.32 Å². The molecule has 0 radical (unpaired) electrons. The molecule has 0 aliphatic rings. The third-order valence-corrected chi connectivity index (χ3v) is 3.43. The zero-order chi connectivity index (χ0) is 14.4. The number of hydrogen-bond donors (Lipinski definition) is 1. The molecule has 1 N–H and O–H groups in total. The van der Waals surface area contributed by atoms with E-state index in [2.05, 4.69) is 10.3 Å². The van der Waals surface area contributed by atoms with Crippen molar-refractivity contribution in [3.63, 3.8) is 0 Å². The van der Waals surface area contributed by atoms with E-state index in [0.717, 1.165) is 11.1 Å². The summed E-state index contributed by atoms with van der Waals surface area (Å²) in [5, 5.41) is 4.11. The second kappa shape index (κ2) is 7.27. The van der Waals surface area contributed by atoms with E-state index in [-0.39, 0.29) is 5.91 Å². The number of nitrogens with zero attached hydrogens (tertiary/aromatic N) is 1. The molecule has 2 rings (SSSR count). The van der Waals surface area contributed by atoms with Crippen LogP contribution >= 0.6 is 23.2 Å². The van der Waals surface area contributed by atoms with E-state index in [1.807, 2.05) is 18.2 Å². The molecule has 0 spiro atoms. The average molecular weight is 309 g/mol. The van der Waals surface area contributed by atoms with E-state index in [1.54, 1.807) is 24.5 Å². The smallest absolute Gasteiger partial charge is 0.224 e. The molecule has 2 aromatic rings. The predicted octanol–water partition coefficient (Wildman–Crippen LogP) is 3.29. The zero-order valence-corrected chi connectivity index (χ0v) is 12.3. The number of halogens is 2. The maximum atomic E-state index is 11.8. The molecular weight excluding hydrogens is 295 g/mol. The first-order valence-electron chi connectivity index (χ1n) is 6.24. The lowest BCUT2D eigenvalue weighted by atomic mass is 10.1. The SMILES string of the molecule is O=C(Cc1ccncc1)NCCc1ccc(Cl)cc1Cl. The van der Waals surface area contributed by atoms with E-state index in [4.69, 9.17) is 23.2 Å². The van der Waals surface area contributed by atoms with Gasteiger partial charge >= 0.3 is 0 Å². The van der Waals surface area contributed by atoms with Gasteiger partial charge in [-0.3, -0.25) is 9.78 Å². The van der Waals surface area contributed by atoms with Crippen LogP contribution in [0, 0.1) is 0 Å². The summed E-state index contributed by atoms with van der Waals surface area (Å²) >= 11 is 11.9. The van der Waals surface area contributed by atoms with Crippen LogP contribution in [0.1, 0.15) is 11.1 Å². The van der Waals surface area contributed by atoms with E-state index in [1.165, 1.54) is 0 Å².